The van der Waals surface area contributed by atoms with Crippen LogP contribution in [0.2, 0.25) is 0 Å². The summed E-state index contributed by atoms with van der Waals surface area (Å²) in [6.07, 6.45) is 0. The number of hydrogen-bond acceptors (Lipinski definition) is 6. The number of hydrogen-bond donors (Lipinski definition) is 1. The lowest BCUT2D eigenvalue weighted by Gasteiger charge is -2.56. The molecular weight excluding hydrogens is 222 g/mol. The van der Waals surface area contributed by atoms with Gasteiger partial charge in [0.1, 0.15) is 0 Å². The quantitative estimate of drug-likeness (QED) is 0.350. The van der Waals surface area contributed by atoms with Crippen LogP contribution in [0.15, 0.2) is 0 Å². The fraction of sp³-hybridized carbons (Fsp3) is 1.00. The minimum Gasteiger partial charge on any atom is -0.412 e. The van der Waals surface area contributed by atoms with Gasteiger partial charge in [-0.15, -0.1) is 10.1 Å². The lowest BCUT2D eigenvalue weighted by molar-refractivity contribution is -0.742. The fourth-order valence-corrected chi connectivity index (χ4v) is 2.23. The SMILES string of the molecule is C1N2CN3CN1CN(C2)C3.O.O.O=[N+]([O-])O. The van der Waals surface area contributed by atoms with Crippen LogP contribution < -0.4 is 0 Å². The molecular formula is C6H17N5O5. The maximum Gasteiger partial charge on any atom is 0.291 e. The molecule has 0 spiro atoms. The van der Waals surface area contributed by atoms with Gasteiger partial charge in [-0.05, 0) is 0 Å². The van der Waals surface area contributed by atoms with Crippen molar-refractivity contribution in [1.82, 2.24) is 19.6 Å². The van der Waals surface area contributed by atoms with Crippen molar-refractivity contribution in [2.75, 3.05) is 40.0 Å². The molecule has 4 rings (SSSR count). The monoisotopic (exact) mass is 239 g/mol. The third-order valence-electron chi connectivity index (χ3n) is 2.40. The molecule has 4 bridgehead atoms. The Kier molecular flexibility index (Phi) is 5.50. The lowest BCUT2D eigenvalue weighted by Crippen LogP contribution is -2.71. The average molecular weight is 239 g/mol. The van der Waals surface area contributed by atoms with Gasteiger partial charge in [0.2, 0.25) is 0 Å². The highest BCUT2D eigenvalue weighted by atomic mass is 16.9. The van der Waals surface area contributed by atoms with E-state index in [0.29, 0.717) is 0 Å². The normalized spacial score (nSPS) is 37.5. The smallest absolute Gasteiger partial charge is 0.291 e. The molecule has 5 N–H and O–H groups in total. The summed E-state index contributed by atoms with van der Waals surface area (Å²) in [6, 6.07) is 0. The third-order valence-corrected chi connectivity index (χ3v) is 2.40. The van der Waals surface area contributed by atoms with Gasteiger partial charge in [0.15, 0.2) is 0 Å². The zero-order chi connectivity index (χ0) is 10.1. The molecule has 0 radical (unpaired) electrons. The number of rotatable bonds is 0. The molecule has 10 nitrogen and oxygen atoms in total. The van der Waals surface area contributed by atoms with Crippen molar-refractivity contribution < 1.29 is 21.2 Å². The Balaban J connectivity index is 0.000000337. The Morgan fingerprint density at radius 1 is 0.812 bits per heavy atom. The molecule has 10 heteroatoms. The zero-order valence-corrected chi connectivity index (χ0v) is 8.74. The highest BCUT2D eigenvalue weighted by Gasteiger charge is 2.36. The zero-order valence-electron chi connectivity index (χ0n) is 8.74. The summed E-state index contributed by atoms with van der Waals surface area (Å²) < 4.78 is 0. The fourth-order valence-electron chi connectivity index (χ4n) is 2.23. The number of nitrogens with zero attached hydrogens (tertiary/aromatic N) is 5. The van der Waals surface area contributed by atoms with Crippen LogP contribution in [0, 0.1) is 10.1 Å². The molecule has 0 aromatic rings. The second-order valence-corrected chi connectivity index (χ2v) is 3.77. The van der Waals surface area contributed by atoms with Crippen molar-refractivity contribution >= 4 is 0 Å². The highest BCUT2D eigenvalue weighted by molar-refractivity contribution is 4.79. The molecule has 0 unspecified atom stereocenters. The molecule has 0 aromatic carbocycles. The summed E-state index contributed by atoms with van der Waals surface area (Å²) in [5, 5.41) is 13.6. The average Bonchev–Trinajstić information content (AvgIpc) is 1.98. The Labute approximate surface area is 92.0 Å². The van der Waals surface area contributed by atoms with Gasteiger partial charge in [0.25, 0.3) is 5.09 Å². The second-order valence-electron chi connectivity index (χ2n) is 3.77. The molecule has 4 aliphatic rings. The van der Waals surface area contributed by atoms with E-state index in [4.69, 9.17) is 15.3 Å². The van der Waals surface area contributed by atoms with Gasteiger partial charge >= 0.3 is 0 Å². The first-order valence-corrected chi connectivity index (χ1v) is 4.36. The minimum absolute atomic E-state index is 0. The molecule has 4 fully saturated rings. The summed E-state index contributed by atoms with van der Waals surface area (Å²) in [7, 11) is 0. The van der Waals surface area contributed by atoms with Crippen molar-refractivity contribution in [1.29, 1.82) is 0 Å². The van der Waals surface area contributed by atoms with E-state index in [-0.39, 0.29) is 11.0 Å². The van der Waals surface area contributed by atoms with Crippen molar-refractivity contribution in [3.05, 3.63) is 10.1 Å². The summed E-state index contributed by atoms with van der Waals surface area (Å²) in [5.74, 6) is 0. The maximum atomic E-state index is 8.36. The molecule has 16 heavy (non-hydrogen) atoms. The third kappa shape index (κ3) is 3.52. The minimum atomic E-state index is -1.50. The van der Waals surface area contributed by atoms with Gasteiger partial charge in [-0.1, -0.05) is 0 Å². The Morgan fingerprint density at radius 3 is 1.06 bits per heavy atom. The molecule has 4 saturated heterocycles. The van der Waals surface area contributed by atoms with E-state index < -0.39 is 5.09 Å². The van der Waals surface area contributed by atoms with E-state index in [9.17, 15) is 0 Å². The maximum absolute atomic E-state index is 8.36. The van der Waals surface area contributed by atoms with E-state index in [1.54, 1.807) is 0 Å². The molecule has 4 heterocycles. The Hall–Kier alpha value is -1.04. The van der Waals surface area contributed by atoms with Crippen LogP contribution in [0.4, 0.5) is 0 Å². The van der Waals surface area contributed by atoms with Gasteiger partial charge in [-0.25, -0.2) is 0 Å². The highest BCUT2D eigenvalue weighted by Crippen LogP contribution is 2.20. The molecule has 4 aliphatic heterocycles. The van der Waals surface area contributed by atoms with E-state index in [1.165, 1.54) is 40.0 Å². The van der Waals surface area contributed by atoms with Crippen LogP contribution >= 0.6 is 0 Å². The van der Waals surface area contributed by atoms with Crippen molar-refractivity contribution in [3.8, 4) is 0 Å². The van der Waals surface area contributed by atoms with Crippen LogP contribution in [0.25, 0.3) is 0 Å². The molecule has 0 saturated carbocycles. The van der Waals surface area contributed by atoms with Crippen molar-refractivity contribution in [2.45, 2.75) is 0 Å². The molecule has 0 aromatic heterocycles. The predicted octanol–water partition coefficient (Wildman–Crippen LogP) is -3.02. The van der Waals surface area contributed by atoms with Crippen LogP contribution in [0.1, 0.15) is 0 Å². The summed E-state index contributed by atoms with van der Waals surface area (Å²) in [5.41, 5.74) is 0. The van der Waals surface area contributed by atoms with Gasteiger partial charge in [-0.2, -0.15) is 0 Å². The second kappa shape index (κ2) is 5.89. The molecule has 96 valence electrons. The summed E-state index contributed by atoms with van der Waals surface area (Å²) in [6.45, 7) is 7.12. The Bertz CT molecular complexity index is 179. The topological polar surface area (TPSA) is 139 Å². The molecule has 0 amide bonds. The van der Waals surface area contributed by atoms with Crippen molar-refractivity contribution in [2.24, 2.45) is 0 Å². The molecule has 0 aliphatic carbocycles. The largest absolute Gasteiger partial charge is 0.412 e. The first-order valence-electron chi connectivity index (χ1n) is 4.36. The van der Waals surface area contributed by atoms with Gasteiger partial charge < -0.3 is 16.2 Å². The standard InChI is InChI=1S/C6H12N4.HNO3.2H2O/c1-7-2-9-4-8(1)5-10(3-7)6-9;2-1(3)4;;/h1-6H2;(H,2,3,4);2*1H2. The van der Waals surface area contributed by atoms with Gasteiger partial charge in [-0.3, -0.25) is 19.6 Å². The van der Waals surface area contributed by atoms with E-state index in [2.05, 4.69) is 19.6 Å². The van der Waals surface area contributed by atoms with Gasteiger partial charge in [0, 0.05) is 0 Å². The summed E-state index contributed by atoms with van der Waals surface area (Å²) >= 11 is 0. The first kappa shape index (κ1) is 15.0. The van der Waals surface area contributed by atoms with Crippen LogP contribution in [-0.4, -0.2) is 80.9 Å². The summed E-state index contributed by atoms with van der Waals surface area (Å²) in [4.78, 5) is 18.2. The van der Waals surface area contributed by atoms with Crippen LogP contribution in [0.3, 0.4) is 0 Å². The van der Waals surface area contributed by atoms with E-state index in [1.807, 2.05) is 0 Å². The molecule has 0 atom stereocenters. The first-order chi connectivity index (χ1) is 6.63. The van der Waals surface area contributed by atoms with Crippen molar-refractivity contribution in [3.63, 3.8) is 0 Å². The van der Waals surface area contributed by atoms with E-state index >= 15 is 0 Å². The van der Waals surface area contributed by atoms with E-state index in [0.717, 1.165) is 0 Å². The van der Waals surface area contributed by atoms with Crippen LogP contribution in [0.5, 0.6) is 0 Å². The van der Waals surface area contributed by atoms with Crippen LogP contribution in [-0.2, 0) is 0 Å². The Morgan fingerprint density at radius 2 is 0.938 bits per heavy atom. The predicted molar refractivity (Wildman–Crippen MR) is 52.6 cm³/mol. The lowest BCUT2D eigenvalue weighted by atomic mass is 10.4. The van der Waals surface area contributed by atoms with Gasteiger partial charge in [0.05, 0.1) is 40.0 Å².